The molecule has 0 radical (unpaired) electrons. The van der Waals surface area contributed by atoms with Crippen molar-refractivity contribution < 1.29 is 47.4 Å². The van der Waals surface area contributed by atoms with E-state index >= 15 is 0 Å². The number of hydrogen-bond donors (Lipinski definition) is 0. The van der Waals surface area contributed by atoms with Crippen molar-refractivity contribution in [3.63, 3.8) is 0 Å². The molecule has 0 unspecified atom stereocenters. The van der Waals surface area contributed by atoms with Crippen molar-refractivity contribution in [2.75, 3.05) is 171 Å². The quantitative estimate of drug-likeness (QED) is 0.410. The number of rotatable bonds is 6. The Kier molecular flexibility index (Phi) is 26.5. The molecule has 2 aliphatic rings. The average molecular weight is 595 g/mol. The normalized spacial score (nSPS) is 24.0. The highest BCUT2D eigenvalue weighted by molar-refractivity contribution is 4.62. The molecule has 2 rings (SSSR count). The van der Waals surface area contributed by atoms with E-state index in [-0.39, 0.29) is 0 Å². The van der Waals surface area contributed by atoms with E-state index in [1.807, 2.05) is 0 Å². The first-order chi connectivity index (χ1) is 20.4. The third kappa shape index (κ3) is 24.6. The van der Waals surface area contributed by atoms with Crippen LogP contribution >= 0.6 is 0 Å². The van der Waals surface area contributed by atoms with Crippen LogP contribution < -0.4 is 0 Å². The second-order valence-corrected chi connectivity index (χ2v) is 9.87. The second-order valence-electron chi connectivity index (χ2n) is 9.87. The van der Waals surface area contributed by atoms with E-state index in [2.05, 4.69) is 9.80 Å². The van der Waals surface area contributed by atoms with E-state index in [9.17, 15) is 0 Å². The van der Waals surface area contributed by atoms with Gasteiger partial charge < -0.3 is 47.4 Å². The van der Waals surface area contributed by atoms with Gasteiger partial charge in [0.2, 0.25) is 0 Å². The average Bonchev–Trinajstić information content (AvgIpc) is 2.98. The molecule has 244 valence electrons. The molecule has 0 N–H and O–H groups in total. The zero-order chi connectivity index (χ0) is 28.7. The first-order valence-corrected chi connectivity index (χ1v) is 15.7. The Morgan fingerprint density at radius 1 is 0.244 bits per heavy atom. The molecule has 12 heteroatoms. The summed E-state index contributed by atoms with van der Waals surface area (Å²) in [6.07, 6.45) is 3.46. The number of nitrogens with zero attached hydrogens (tertiary/aromatic N) is 2. The zero-order valence-electron chi connectivity index (χ0n) is 25.5. The van der Waals surface area contributed by atoms with E-state index in [0.717, 1.165) is 52.1 Å². The summed E-state index contributed by atoms with van der Waals surface area (Å²) in [6, 6.07) is 0. The van der Waals surface area contributed by atoms with Gasteiger partial charge in [0, 0.05) is 26.2 Å². The van der Waals surface area contributed by atoms with Gasteiger partial charge in [0.15, 0.2) is 0 Å². The maximum Gasteiger partial charge on any atom is 0.0701 e. The number of unbranched alkanes of at least 4 members (excludes halogenated alkanes) is 2. The minimum absolute atomic E-state index is 0.578. The first-order valence-electron chi connectivity index (χ1n) is 15.7. The van der Waals surface area contributed by atoms with Gasteiger partial charge in [-0.1, -0.05) is 6.42 Å². The second kappa shape index (κ2) is 29.6. The molecule has 0 aromatic heterocycles. The maximum atomic E-state index is 5.79. The molecule has 0 amide bonds. The predicted molar refractivity (Wildman–Crippen MR) is 155 cm³/mol. The summed E-state index contributed by atoms with van der Waals surface area (Å²) in [5.74, 6) is 0. The van der Waals surface area contributed by atoms with Gasteiger partial charge in [0.05, 0.1) is 132 Å². The van der Waals surface area contributed by atoms with Gasteiger partial charge in [-0.05, 0) is 25.9 Å². The van der Waals surface area contributed by atoms with Crippen molar-refractivity contribution >= 4 is 0 Å². The van der Waals surface area contributed by atoms with Crippen molar-refractivity contribution in [1.29, 1.82) is 0 Å². The van der Waals surface area contributed by atoms with Gasteiger partial charge in [-0.15, -0.1) is 0 Å². The van der Waals surface area contributed by atoms with Gasteiger partial charge in [0.1, 0.15) is 0 Å². The molecular formula is C29H58N2O10. The minimum atomic E-state index is 0.578. The Balaban J connectivity index is 1.63. The molecule has 2 heterocycles. The van der Waals surface area contributed by atoms with E-state index in [1.54, 1.807) is 0 Å². The fourth-order valence-corrected chi connectivity index (χ4v) is 4.26. The van der Waals surface area contributed by atoms with Gasteiger partial charge in [0.25, 0.3) is 0 Å². The molecule has 0 aromatic carbocycles. The molecule has 0 aliphatic carbocycles. The van der Waals surface area contributed by atoms with E-state index < -0.39 is 0 Å². The van der Waals surface area contributed by atoms with Crippen LogP contribution in [0.5, 0.6) is 0 Å². The smallest absolute Gasteiger partial charge is 0.0701 e. The van der Waals surface area contributed by atoms with Crippen molar-refractivity contribution in [3.05, 3.63) is 0 Å². The molecule has 0 saturated carbocycles. The first kappa shape index (κ1) is 36.7. The highest BCUT2D eigenvalue weighted by Crippen LogP contribution is 2.03. The van der Waals surface area contributed by atoms with Crippen molar-refractivity contribution in [1.82, 2.24) is 9.80 Å². The lowest BCUT2D eigenvalue weighted by Crippen LogP contribution is -2.33. The molecule has 0 aromatic rings. The predicted octanol–water partition coefficient (Wildman–Crippen LogP) is 0.954. The van der Waals surface area contributed by atoms with Gasteiger partial charge in [-0.3, -0.25) is 9.80 Å². The molecule has 2 fully saturated rings. The summed E-state index contributed by atoms with van der Waals surface area (Å²) in [7, 11) is 0. The highest BCUT2D eigenvalue weighted by Gasteiger charge is 2.08. The van der Waals surface area contributed by atoms with Crippen LogP contribution in [0.3, 0.4) is 0 Å². The highest BCUT2D eigenvalue weighted by atomic mass is 16.6. The fourth-order valence-electron chi connectivity index (χ4n) is 4.26. The van der Waals surface area contributed by atoms with Crippen LogP contribution in [-0.2, 0) is 47.4 Å². The van der Waals surface area contributed by atoms with Crippen LogP contribution in [0.4, 0.5) is 0 Å². The number of hydrogen-bond acceptors (Lipinski definition) is 12. The SMILES string of the molecule is C(CCN1CCOCCOCCOCCOCCOCC1)CCN1CCOCCOCCOCCOCCOCC1. The third-order valence-corrected chi connectivity index (χ3v) is 6.63. The van der Waals surface area contributed by atoms with Crippen LogP contribution in [0.25, 0.3) is 0 Å². The van der Waals surface area contributed by atoms with E-state index in [4.69, 9.17) is 47.4 Å². The van der Waals surface area contributed by atoms with Gasteiger partial charge >= 0.3 is 0 Å². The Hall–Kier alpha value is -0.480. The van der Waals surface area contributed by atoms with Crippen LogP contribution in [0, 0.1) is 0 Å². The third-order valence-electron chi connectivity index (χ3n) is 6.63. The molecule has 2 saturated heterocycles. The summed E-state index contributed by atoms with van der Waals surface area (Å²) in [6.45, 7) is 17.8. The molecule has 0 atom stereocenters. The molecule has 2 aliphatic heterocycles. The van der Waals surface area contributed by atoms with E-state index in [0.29, 0.717) is 132 Å². The Morgan fingerprint density at radius 2 is 0.439 bits per heavy atom. The largest absolute Gasteiger partial charge is 0.378 e. The minimum Gasteiger partial charge on any atom is -0.378 e. The van der Waals surface area contributed by atoms with Crippen molar-refractivity contribution in [2.24, 2.45) is 0 Å². The van der Waals surface area contributed by atoms with Gasteiger partial charge in [-0.25, -0.2) is 0 Å². The summed E-state index contributed by atoms with van der Waals surface area (Å²) in [5.41, 5.74) is 0. The Morgan fingerprint density at radius 3 is 0.659 bits per heavy atom. The lowest BCUT2D eigenvalue weighted by atomic mass is 10.2. The topological polar surface area (TPSA) is 98.8 Å². The molecule has 0 spiro atoms. The molecule has 0 bridgehead atoms. The summed E-state index contributed by atoms with van der Waals surface area (Å²) >= 11 is 0. The standard InChI is InChI=1S/C29H58N2O10/c1(2-4-30-6-10-32-14-18-36-22-26-40-27-23-37-19-15-33-11-7-30)3-5-31-8-12-34-16-20-38-24-28-41-29-25-39-21-17-35-13-9-31/h1-29H2. The van der Waals surface area contributed by atoms with Crippen molar-refractivity contribution in [2.45, 2.75) is 19.3 Å². The Labute approximate surface area is 248 Å². The lowest BCUT2D eigenvalue weighted by molar-refractivity contribution is -0.0189. The van der Waals surface area contributed by atoms with Gasteiger partial charge in [-0.2, -0.15) is 0 Å². The molecular weight excluding hydrogens is 536 g/mol. The number of ether oxygens (including phenoxy) is 10. The zero-order valence-corrected chi connectivity index (χ0v) is 25.5. The van der Waals surface area contributed by atoms with Crippen LogP contribution in [-0.4, -0.2) is 181 Å². The monoisotopic (exact) mass is 594 g/mol. The van der Waals surface area contributed by atoms with E-state index in [1.165, 1.54) is 6.42 Å². The van der Waals surface area contributed by atoms with Crippen LogP contribution in [0.2, 0.25) is 0 Å². The van der Waals surface area contributed by atoms with Crippen LogP contribution in [0.15, 0.2) is 0 Å². The summed E-state index contributed by atoms with van der Waals surface area (Å²) < 4.78 is 56.3. The maximum absolute atomic E-state index is 5.79. The molecule has 41 heavy (non-hydrogen) atoms. The Bertz CT molecular complexity index is 458. The summed E-state index contributed by atoms with van der Waals surface area (Å²) in [4.78, 5) is 4.88. The van der Waals surface area contributed by atoms with Crippen molar-refractivity contribution in [3.8, 4) is 0 Å². The summed E-state index contributed by atoms with van der Waals surface area (Å²) in [5, 5.41) is 0. The fraction of sp³-hybridized carbons (Fsp3) is 1.00. The van der Waals surface area contributed by atoms with Crippen LogP contribution in [0.1, 0.15) is 19.3 Å². The molecule has 12 nitrogen and oxygen atoms in total. The lowest BCUT2D eigenvalue weighted by Gasteiger charge is -2.24.